The van der Waals surface area contributed by atoms with Crippen molar-refractivity contribution in [2.24, 2.45) is 0 Å². The lowest BCUT2D eigenvalue weighted by molar-refractivity contribution is 0.0963. The van der Waals surface area contributed by atoms with Gasteiger partial charge in [0.25, 0.3) is 5.91 Å². The predicted octanol–water partition coefficient (Wildman–Crippen LogP) is 3.73. The van der Waals surface area contributed by atoms with E-state index in [0.717, 1.165) is 22.3 Å². The van der Waals surface area contributed by atoms with E-state index in [2.05, 4.69) is 39.6 Å². The number of rotatable bonds is 4. The first kappa shape index (κ1) is 14.6. The Morgan fingerprint density at radius 1 is 1.15 bits per heavy atom. The highest BCUT2D eigenvalue weighted by atomic mass is 79.9. The van der Waals surface area contributed by atoms with Crippen LogP contribution in [0.2, 0.25) is 0 Å². The van der Waals surface area contributed by atoms with Gasteiger partial charge < -0.3 is 10.6 Å². The average Bonchev–Trinajstić information content (AvgIpc) is 2.48. The van der Waals surface area contributed by atoms with Crippen molar-refractivity contribution in [3.63, 3.8) is 0 Å². The molecular weight excluding hydrogens is 316 g/mol. The smallest absolute Gasteiger partial charge is 0.251 e. The van der Waals surface area contributed by atoms with Gasteiger partial charge in [0.1, 0.15) is 0 Å². The van der Waals surface area contributed by atoms with Gasteiger partial charge in [-0.3, -0.25) is 4.79 Å². The Balaban J connectivity index is 2.04. The number of hydrogen-bond acceptors (Lipinski definition) is 2. The molecule has 1 amide bonds. The Morgan fingerprint density at radius 3 is 2.50 bits per heavy atom. The first-order valence-electron chi connectivity index (χ1n) is 6.42. The number of carbonyl (C=O) groups is 1. The number of anilines is 1. The van der Waals surface area contributed by atoms with Gasteiger partial charge in [0.15, 0.2) is 0 Å². The Labute approximate surface area is 127 Å². The highest BCUT2D eigenvalue weighted by molar-refractivity contribution is 9.10. The topological polar surface area (TPSA) is 41.1 Å². The first-order valence-corrected chi connectivity index (χ1v) is 7.21. The quantitative estimate of drug-likeness (QED) is 0.895. The van der Waals surface area contributed by atoms with Crippen LogP contribution in [0.3, 0.4) is 0 Å². The third-order valence-corrected chi connectivity index (χ3v) is 4.05. The van der Waals surface area contributed by atoms with Gasteiger partial charge >= 0.3 is 0 Å². The average molecular weight is 333 g/mol. The van der Waals surface area contributed by atoms with E-state index in [4.69, 9.17) is 0 Å². The van der Waals surface area contributed by atoms with E-state index in [1.54, 1.807) is 7.05 Å². The molecule has 4 heteroatoms. The van der Waals surface area contributed by atoms with Gasteiger partial charge in [-0.05, 0) is 42.3 Å². The Bertz CT molecular complexity index is 608. The fourth-order valence-electron chi connectivity index (χ4n) is 1.91. The van der Waals surface area contributed by atoms with Crippen molar-refractivity contribution in [3.8, 4) is 0 Å². The molecule has 20 heavy (non-hydrogen) atoms. The molecular formula is C16H17BrN2O. The summed E-state index contributed by atoms with van der Waals surface area (Å²) in [7, 11) is 1.63. The number of nitrogens with one attached hydrogen (secondary N) is 2. The van der Waals surface area contributed by atoms with Gasteiger partial charge in [0.05, 0.1) is 0 Å². The summed E-state index contributed by atoms with van der Waals surface area (Å²) in [6, 6.07) is 13.7. The summed E-state index contributed by atoms with van der Waals surface area (Å²) in [5.41, 5.74) is 4.11. The molecule has 0 unspecified atom stereocenters. The van der Waals surface area contributed by atoms with E-state index in [1.165, 1.54) is 5.56 Å². The molecule has 0 saturated carbocycles. The molecule has 0 aliphatic rings. The van der Waals surface area contributed by atoms with Crippen LogP contribution in [-0.2, 0) is 6.54 Å². The second kappa shape index (κ2) is 6.57. The molecule has 0 aliphatic carbocycles. The van der Waals surface area contributed by atoms with Crippen LogP contribution in [0.5, 0.6) is 0 Å². The summed E-state index contributed by atoms with van der Waals surface area (Å²) < 4.78 is 1.09. The van der Waals surface area contributed by atoms with Gasteiger partial charge in [0.2, 0.25) is 0 Å². The zero-order valence-corrected chi connectivity index (χ0v) is 13.1. The van der Waals surface area contributed by atoms with Crippen molar-refractivity contribution < 1.29 is 4.79 Å². The van der Waals surface area contributed by atoms with E-state index in [1.807, 2.05) is 36.4 Å². The van der Waals surface area contributed by atoms with E-state index >= 15 is 0 Å². The van der Waals surface area contributed by atoms with Crippen LogP contribution in [0.1, 0.15) is 21.5 Å². The molecule has 2 aromatic carbocycles. The molecule has 2 rings (SSSR count). The lowest BCUT2D eigenvalue weighted by Gasteiger charge is -2.11. The van der Waals surface area contributed by atoms with Crippen molar-refractivity contribution in [3.05, 3.63) is 63.6 Å². The van der Waals surface area contributed by atoms with Crippen molar-refractivity contribution in [2.75, 3.05) is 12.4 Å². The van der Waals surface area contributed by atoms with Gasteiger partial charge in [-0.1, -0.05) is 34.1 Å². The minimum absolute atomic E-state index is 0.0626. The molecule has 0 aliphatic heterocycles. The van der Waals surface area contributed by atoms with Gasteiger partial charge in [-0.2, -0.15) is 0 Å². The van der Waals surface area contributed by atoms with Crippen LogP contribution in [0.4, 0.5) is 5.69 Å². The zero-order chi connectivity index (χ0) is 14.5. The largest absolute Gasteiger partial charge is 0.381 e. The van der Waals surface area contributed by atoms with E-state index < -0.39 is 0 Å². The highest BCUT2D eigenvalue weighted by Gasteiger charge is 2.03. The van der Waals surface area contributed by atoms with Crippen LogP contribution in [0, 0.1) is 6.92 Å². The standard InChI is InChI=1S/C16H17BrN2O/c1-11-14(17)4-3-5-15(11)19-10-12-6-8-13(9-7-12)16(20)18-2/h3-9,19H,10H2,1-2H3,(H,18,20). The van der Waals surface area contributed by atoms with Crippen LogP contribution < -0.4 is 10.6 Å². The third kappa shape index (κ3) is 3.39. The first-order chi connectivity index (χ1) is 9.61. The SMILES string of the molecule is CNC(=O)c1ccc(CNc2cccc(Br)c2C)cc1. The van der Waals surface area contributed by atoms with E-state index in [-0.39, 0.29) is 5.91 Å². The van der Waals surface area contributed by atoms with Gasteiger partial charge in [-0.15, -0.1) is 0 Å². The van der Waals surface area contributed by atoms with Crippen molar-refractivity contribution in [1.29, 1.82) is 0 Å². The predicted molar refractivity (Wildman–Crippen MR) is 86.0 cm³/mol. The van der Waals surface area contributed by atoms with Crippen LogP contribution in [0.15, 0.2) is 46.9 Å². The number of amides is 1. The molecule has 104 valence electrons. The van der Waals surface area contributed by atoms with E-state index in [0.29, 0.717) is 5.56 Å². The molecule has 0 fully saturated rings. The molecule has 0 aromatic heterocycles. The number of benzene rings is 2. The second-order valence-corrected chi connectivity index (χ2v) is 5.40. The van der Waals surface area contributed by atoms with Crippen LogP contribution in [-0.4, -0.2) is 13.0 Å². The summed E-state index contributed by atoms with van der Waals surface area (Å²) >= 11 is 3.52. The molecule has 0 bridgehead atoms. The Hall–Kier alpha value is -1.81. The zero-order valence-electron chi connectivity index (χ0n) is 11.5. The van der Waals surface area contributed by atoms with Crippen LogP contribution >= 0.6 is 15.9 Å². The van der Waals surface area contributed by atoms with E-state index in [9.17, 15) is 4.79 Å². The third-order valence-electron chi connectivity index (χ3n) is 3.19. The molecule has 2 aromatic rings. The minimum atomic E-state index is -0.0626. The monoisotopic (exact) mass is 332 g/mol. The lowest BCUT2D eigenvalue weighted by atomic mass is 10.1. The second-order valence-electron chi connectivity index (χ2n) is 4.54. The molecule has 0 atom stereocenters. The summed E-state index contributed by atoms with van der Waals surface area (Å²) in [5, 5.41) is 6.01. The van der Waals surface area contributed by atoms with Crippen molar-refractivity contribution >= 4 is 27.5 Å². The van der Waals surface area contributed by atoms with Gasteiger partial charge in [0, 0.05) is 29.3 Å². The summed E-state index contributed by atoms with van der Waals surface area (Å²) in [5.74, 6) is -0.0626. The maximum absolute atomic E-state index is 11.5. The molecule has 2 N–H and O–H groups in total. The fraction of sp³-hybridized carbons (Fsp3) is 0.188. The summed E-state index contributed by atoms with van der Waals surface area (Å²) in [6.07, 6.45) is 0. The minimum Gasteiger partial charge on any atom is -0.381 e. The summed E-state index contributed by atoms with van der Waals surface area (Å²) in [4.78, 5) is 11.5. The molecule has 0 spiro atoms. The normalized spacial score (nSPS) is 10.2. The number of hydrogen-bond donors (Lipinski definition) is 2. The van der Waals surface area contributed by atoms with Crippen LogP contribution in [0.25, 0.3) is 0 Å². The van der Waals surface area contributed by atoms with Gasteiger partial charge in [-0.25, -0.2) is 0 Å². The highest BCUT2D eigenvalue weighted by Crippen LogP contribution is 2.23. The molecule has 0 heterocycles. The Kier molecular flexibility index (Phi) is 4.79. The molecule has 0 radical (unpaired) electrons. The number of halogens is 1. The molecule has 0 saturated heterocycles. The number of carbonyl (C=O) groups excluding carboxylic acids is 1. The van der Waals surface area contributed by atoms with Crippen molar-refractivity contribution in [1.82, 2.24) is 5.32 Å². The Morgan fingerprint density at radius 2 is 1.85 bits per heavy atom. The molecule has 3 nitrogen and oxygen atoms in total. The maximum Gasteiger partial charge on any atom is 0.251 e. The maximum atomic E-state index is 11.5. The summed E-state index contributed by atoms with van der Waals surface area (Å²) in [6.45, 7) is 2.80. The van der Waals surface area contributed by atoms with Crippen molar-refractivity contribution in [2.45, 2.75) is 13.5 Å². The fourth-order valence-corrected chi connectivity index (χ4v) is 2.28. The lowest BCUT2D eigenvalue weighted by Crippen LogP contribution is -2.17.